The molecule has 0 saturated heterocycles. The molecule has 19 heavy (non-hydrogen) atoms. The summed E-state index contributed by atoms with van der Waals surface area (Å²) >= 11 is 0. The second-order valence-corrected chi connectivity index (χ2v) is 4.17. The molecule has 3 N–H and O–H groups in total. The monoisotopic (exact) mass is 253 g/mol. The van der Waals surface area contributed by atoms with Gasteiger partial charge in [0.15, 0.2) is 0 Å². The van der Waals surface area contributed by atoms with Crippen LogP contribution >= 0.6 is 0 Å². The highest BCUT2D eigenvalue weighted by Gasteiger charge is 2.07. The molecule has 0 aliphatic heterocycles. The predicted octanol–water partition coefficient (Wildman–Crippen LogP) is 3.20. The van der Waals surface area contributed by atoms with Crippen molar-refractivity contribution in [2.75, 3.05) is 18.2 Å². The van der Waals surface area contributed by atoms with E-state index in [4.69, 9.17) is 15.7 Å². The molecule has 0 spiro atoms. The normalized spacial score (nSPS) is 9.74. The summed E-state index contributed by atoms with van der Waals surface area (Å²) in [5, 5.41) is 12.1. The fraction of sp³-hybridized carbons (Fsp3) is 0.133. The van der Waals surface area contributed by atoms with Crippen molar-refractivity contribution in [1.82, 2.24) is 0 Å². The Bertz CT molecular complexity index is 644. The number of hydrogen-bond donors (Lipinski definition) is 2. The zero-order valence-corrected chi connectivity index (χ0v) is 10.9. The van der Waals surface area contributed by atoms with Crippen molar-refractivity contribution in [3.05, 3.63) is 47.5 Å². The molecule has 0 fully saturated rings. The lowest BCUT2D eigenvalue weighted by molar-refractivity contribution is 0.416. The Hall–Kier alpha value is -2.67. The zero-order chi connectivity index (χ0) is 13.8. The van der Waals surface area contributed by atoms with Crippen LogP contribution in [0.25, 0.3) is 0 Å². The minimum absolute atomic E-state index is 0.562. The van der Waals surface area contributed by atoms with Gasteiger partial charge in [-0.25, -0.2) is 0 Å². The molecule has 2 aromatic carbocycles. The Morgan fingerprint density at radius 3 is 2.68 bits per heavy atom. The summed E-state index contributed by atoms with van der Waals surface area (Å²) < 4.78 is 5.29. The molecule has 2 rings (SSSR count). The summed E-state index contributed by atoms with van der Waals surface area (Å²) in [7, 11) is 1.58. The second-order valence-electron chi connectivity index (χ2n) is 4.17. The first-order valence-corrected chi connectivity index (χ1v) is 5.86. The van der Waals surface area contributed by atoms with Crippen LogP contribution in [0.5, 0.6) is 5.75 Å². The molecule has 0 aliphatic carbocycles. The maximum Gasteiger partial charge on any atom is 0.143 e. The highest BCUT2D eigenvalue weighted by atomic mass is 16.5. The van der Waals surface area contributed by atoms with E-state index in [9.17, 15) is 0 Å². The van der Waals surface area contributed by atoms with E-state index in [1.54, 1.807) is 19.2 Å². The summed E-state index contributed by atoms with van der Waals surface area (Å²) in [6.45, 7) is 1.95. The number of benzene rings is 2. The van der Waals surface area contributed by atoms with Gasteiger partial charge in [-0.05, 0) is 36.8 Å². The maximum atomic E-state index is 8.88. The lowest BCUT2D eigenvalue weighted by Crippen LogP contribution is -1.99. The van der Waals surface area contributed by atoms with E-state index in [2.05, 4.69) is 11.4 Å². The maximum absolute atomic E-state index is 8.88. The van der Waals surface area contributed by atoms with Crippen LogP contribution in [0.1, 0.15) is 11.1 Å². The second kappa shape index (κ2) is 5.32. The average molecular weight is 253 g/mol. The van der Waals surface area contributed by atoms with Gasteiger partial charge in [-0.3, -0.25) is 0 Å². The fourth-order valence-corrected chi connectivity index (χ4v) is 1.80. The number of methoxy groups -OCH3 is 1. The predicted molar refractivity (Wildman–Crippen MR) is 76.6 cm³/mol. The summed E-state index contributed by atoms with van der Waals surface area (Å²) in [5.74, 6) is 0.626. The number of nitrogen functional groups attached to an aromatic ring is 1. The van der Waals surface area contributed by atoms with Crippen molar-refractivity contribution in [3.63, 3.8) is 0 Å². The van der Waals surface area contributed by atoms with Crippen LogP contribution < -0.4 is 15.8 Å². The molecule has 4 heteroatoms. The minimum atomic E-state index is 0.562. The molecule has 4 nitrogen and oxygen atoms in total. The van der Waals surface area contributed by atoms with Crippen LogP contribution in [-0.2, 0) is 0 Å². The van der Waals surface area contributed by atoms with E-state index in [1.807, 2.05) is 31.2 Å². The third kappa shape index (κ3) is 2.61. The summed E-state index contributed by atoms with van der Waals surface area (Å²) in [6.07, 6.45) is 0. The number of nitriles is 1. The summed E-state index contributed by atoms with van der Waals surface area (Å²) in [5.41, 5.74) is 9.87. The van der Waals surface area contributed by atoms with E-state index in [0.717, 1.165) is 22.6 Å². The number of nitrogens with one attached hydrogen (secondary N) is 1. The Labute approximate surface area is 112 Å². The van der Waals surface area contributed by atoms with E-state index in [1.165, 1.54) is 0 Å². The van der Waals surface area contributed by atoms with Crippen LogP contribution in [0, 0.1) is 18.3 Å². The van der Waals surface area contributed by atoms with Crippen molar-refractivity contribution in [1.29, 1.82) is 5.26 Å². The number of anilines is 3. The van der Waals surface area contributed by atoms with E-state index in [-0.39, 0.29) is 0 Å². The fourth-order valence-electron chi connectivity index (χ4n) is 1.80. The number of hydrogen-bond acceptors (Lipinski definition) is 4. The number of nitrogens with two attached hydrogens (primary N) is 1. The average Bonchev–Trinajstić information content (AvgIpc) is 2.44. The van der Waals surface area contributed by atoms with Gasteiger partial charge in [0, 0.05) is 17.4 Å². The van der Waals surface area contributed by atoms with Gasteiger partial charge in [0.05, 0.1) is 24.4 Å². The molecule has 0 bridgehead atoms. The zero-order valence-electron chi connectivity index (χ0n) is 10.9. The van der Waals surface area contributed by atoms with Crippen LogP contribution in [-0.4, -0.2) is 7.11 Å². The van der Waals surface area contributed by atoms with Gasteiger partial charge < -0.3 is 15.8 Å². The first kappa shape index (κ1) is 12.8. The molecule has 0 atom stereocenters. The van der Waals surface area contributed by atoms with Gasteiger partial charge in [-0.15, -0.1) is 0 Å². The van der Waals surface area contributed by atoms with Crippen molar-refractivity contribution >= 4 is 17.1 Å². The Kier molecular flexibility index (Phi) is 3.58. The first-order valence-electron chi connectivity index (χ1n) is 5.86. The summed E-state index contributed by atoms with van der Waals surface area (Å²) in [4.78, 5) is 0. The van der Waals surface area contributed by atoms with Crippen molar-refractivity contribution in [2.24, 2.45) is 0 Å². The largest absolute Gasteiger partial charge is 0.495 e. The number of ether oxygens (including phenoxy) is 1. The van der Waals surface area contributed by atoms with Gasteiger partial charge in [-0.2, -0.15) is 5.26 Å². The SMILES string of the molecule is COc1cc(C#N)ccc1Nc1cccc(N)c1C. The van der Waals surface area contributed by atoms with Gasteiger partial charge in [0.1, 0.15) is 5.75 Å². The highest BCUT2D eigenvalue weighted by Crippen LogP contribution is 2.31. The smallest absolute Gasteiger partial charge is 0.143 e. The van der Waals surface area contributed by atoms with Gasteiger partial charge >= 0.3 is 0 Å². The molecule has 0 radical (unpaired) electrons. The highest BCUT2D eigenvalue weighted by molar-refractivity contribution is 5.73. The first-order chi connectivity index (χ1) is 9.15. The molecule has 0 heterocycles. The molecular formula is C15H15N3O. The van der Waals surface area contributed by atoms with Gasteiger partial charge in [0.25, 0.3) is 0 Å². The quantitative estimate of drug-likeness (QED) is 0.824. The molecule has 96 valence electrons. The van der Waals surface area contributed by atoms with E-state index in [0.29, 0.717) is 11.3 Å². The number of nitrogens with zero attached hydrogens (tertiary/aromatic N) is 1. The van der Waals surface area contributed by atoms with Crippen molar-refractivity contribution in [3.8, 4) is 11.8 Å². The Morgan fingerprint density at radius 2 is 2.00 bits per heavy atom. The van der Waals surface area contributed by atoms with Gasteiger partial charge in [-0.1, -0.05) is 6.07 Å². The van der Waals surface area contributed by atoms with E-state index < -0.39 is 0 Å². The molecule has 2 aromatic rings. The standard InChI is InChI=1S/C15H15N3O/c1-10-12(17)4-3-5-13(10)18-14-7-6-11(9-16)8-15(14)19-2/h3-8,18H,17H2,1-2H3. The third-order valence-corrected chi connectivity index (χ3v) is 2.98. The van der Waals surface area contributed by atoms with Crippen LogP contribution in [0.2, 0.25) is 0 Å². The van der Waals surface area contributed by atoms with E-state index >= 15 is 0 Å². The van der Waals surface area contributed by atoms with Crippen molar-refractivity contribution < 1.29 is 4.74 Å². The van der Waals surface area contributed by atoms with Gasteiger partial charge in [0.2, 0.25) is 0 Å². The van der Waals surface area contributed by atoms with Crippen molar-refractivity contribution in [2.45, 2.75) is 6.92 Å². The van der Waals surface area contributed by atoms with Crippen LogP contribution in [0.3, 0.4) is 0 Å². The number of rotatable bonds is 3. The lowest BCUT2D eigenvalue weighted by Gasteiger charge is -2.14. The third-order valence-electron chi connectivity index (χ3n) is 2.98. The summed E-state index contributed by atoms with van der Waals surface area (Å²) in [6, 6.07) is 13.0. The molecule has 0 aliphatic rings. The lowest BCUT2D eigenvalue weighted by atomic mass is 10.1. The Balaban J connectivity index is 2.38. The Morgan fingerprint density at radius 1 is 1.21 bits per heavy atom. The topological polar surface area (TPSA) is 71.1 Å². The molecule has 0 saturated carbocycles. The van der Waals surface area contributed by atoms with Crippen LogP contribution in [0.15, 0.2) is 36.4 Å². The van der Waals surface area contributed by atoms with Crippen LogP contribution in [0.4, 0.5) is 17.1 Å². The minimum Gasteiger partial charge on any atom is -0.495 e. The molecular weight excluding hydrogens is 238 g/mol. The molecule has 0 aromatic heterocycles. The molecule has 0 unspecified atom stereocenters. The molecule has 0 amide bonds.